The quantitative estimate of drug-likeness (QED) is 0.790. The van der Waals surface area contributed by atoms with Crippen LogP contribution in [0.2, 0.25) is 0 Å². The Balaban J connectivity index is 2.02. The number of carbonyl (C=O) groups excluding carboxylic acids is 2. The summed E-state index contributed by atoms with van der Waals surface area (Å²) in [6.45, 7) is 4.23. The number of hydrogen-bond acceptors (Lipinski definition) is 2. The van der Waals surface area contributed by atoms with Gasteiger partial charge in [-0.25, -0.2) is 0 Å². The predicted octanol–water partition coefficient (Wildman–Crippen LogP) is 3.79. The molecule has 2 aromatic carbocycles. The van der Waals surface area contributed by atoms with E-state index in [-0.39, 0.29) is 11.7 Å². The molecule has 1 heterocycles. The summed E-state index contributed by atoms with van der Waals surface area (Å²) in [6.07, 6.45) is 1.90. The number of benzene rings is 2. The highest BCUT2D eigenvalue weighted by Crippen LogP contribution is 2.29. The summed E-state index contributed by atoms with van der Waals surface area (Å²) in [7, 11) is 0. The maximum absolute atomic E-state index is 12.8. The average molecular weight is 293 g/mol. The number of carbonyl (C=O) groups is 2. The highest BCUT2D eigenvalue weighted by atomic mass is 16.2. The van der Waals surface area contributed by atoms with Crippen LogP contribution < -0.4 is 4.90 Å². The molecule has 1 amide bonds. The lowest BCUT2D eigenvalue weighted by molar-refractivity contribution is 0.0981. The molecule has 0 aliphatic carbocycles. The van der Waals surface area contributed by atoms with E-state index in [0.29, 0.717) is 17.7 Å². The maximum Gasteiger partial charge on any atom is 0.258 e. The molecule has 22 heavy (non-hydrogen) atoms. The molecule has 0 spiro atoms. The fraction of sp³-hybridized carbons (Fsp3) is 0.263. The van der Waals surface area contributed by atoms with Gasteiger partial charge < -0.3 is 4.90 Å². The van der Waals surface area contributed by atoms with Crippen LogP contribution in [0.1, 0.15) is 45.2 Å². The summed E-state index contributed by atoms with van der Waals surface area (Å²) < 4.78 is 0. The van der Waals surface area contributed by atoms with Crippen molar-refractivity contribution in [2.45, 2.75) is 26.7 Å². The second-order valence-electron chi connectivity index (χ2n) is 5.83. The summed E-state index contributed by atoms with van der Waals surface area (Å²) in [4.78, 5) is 26.3. The molecule has 0 fully saturated rings. The van der Waals surface area contributed by atoms with Crippen molar-refractivity contribution >= 4 is 17.4 Å². The lowest BCUT2D eigenvalue weighted by Gasteiger charge is -2.30. The Bertz CT molecular complexity index is 749. The minimum Gasteiger partial charge on any atom is -0.308 e. The zero-order valence-electron chi connectivity index (χ0n) is 12.9. The Labute approximate surface area is 130 Å². The molecule has 0 bridgehead atoms. The fourth-order valence-electron chi connectivity index (χ4n) is 2.94. The molecule has 0 N–H and O–H groups in total. The Morgan fingerprint density at radius 3 is 2.59 bits per heavy atom. The van der Waals surface area contributed by atoms with Crippen LogP contribution in [0.25, 0.3) is 0 Å². The van der Waals surface area contributed by atoms with Crippen molar-refractivity contribution in [2.75, 3.05) is 11.4 Å². The van der Waals surface area contributed by atoms with E-state index in [1.54, 1.807) is 11.8 Å². The van der Waals surface area contributed by atoms with E-state index < -0.39 is 0 Å². The van der Waals surface area contributed by atoms with Crippen molar-refractivity contribution in [1.29, 1.82) is 0 Å². The normalized spacial score (nSPS) is 13.6. The first kappa shape index (κ1) is 14.5. The van der Waals surface area contributed by atoms with Crippen molar-refractivity contribution < 1.29 is 9.59 Å². The Morgan fingerprint density at radius 2 is 1.86 bits per heavy atom. The molecule has 3 rings (SSSR count). The molecule has 3 heteroatoms. The second kappa shape index (κ2) is 5.76. The van der Waals surface area contributed by atoms with Crippen molar-refractivity contribution in [3.63, 3.8) is 0 Å². The zero-order valence-corrected chi connectivity index (χ0v) is 12.9. The molecule has 0 unspecified atom stereocenters. The summed E-state index contributed by atoms with van der Waals surface area (Å²) in [5, 5.41) is 0. The highest BCUT2D eigenvalue weighted by Gasteiger charge is 2.24. The smallest absolute Gasteiger partial charge is 0.258 e. The first-order valence-corrected chi connectivity index (χ1v) is 7.58. The van der Waals surface area contributed by atoms with Crippen molar-refractivity contribution in [1.82, 2.24) is 0 Å². The number of hydrogen-bond donors (Lipinski definition) is 0. The molecule has 2 aromatic rings. The number of fused-ring (bicyclic) bond motifs is 1. The SMILES string of the molecule is CC(=O)c1ccc2c(c1)N(C(=O)c1cccc(C)c1)CCC2. The van der Waals surface area contributed by atoms with Gasteiger partial charge in [-0.15, -0.1) is 0 Å². The Kier molecular flexibility index (Phi) is 3.80. The molecule has 1 aliphatic rings. The van der Waals surface area contributed by atoms with E-state index in [4.69, 9.17) is 0 Å². The predicted molar refractivity (Wildman–Crippen MR) is 87.6 cm³/mol. The molecule has 0 saturated heterocycles. The number of ketones is 1. The van der Waals surface area contributed by atoms with E-state index in [2.05, 4.69) is 0 Å². The summed E-state index contributed by atoms with van der Waals surface area (Å²) >= 11 is 0. The number of nitrogens with zero attached hydrogens (tertiary/aromatic N) is 1. The first-order valence-electron chi connectivity index (χ1n) is 7.58. The van der Waals surface area contributed by atoms with E-state index >= 15 is 0 Å². The zero-order chi connectivity index (χ0) is 15.7. The van der Waals surface area contributed by atoms with Gasteiger partial charge in [0.05, 0.1) is 0 Å². The largest absolute Gasteiger partial charge is 0.308 e. The highest BCUT2D eigenvalue weighted by molar-refractivity contribution is 6.07. The lowest BCUT2D eigenvalue weighted by Crippen LogP contribution is -2.35. The van der Waals surface area contributed by atoms with Crippen molar-refractivity contribution in [3.05, 3.63) is 64.7 Å². The minimum atomic E-state index is 0.00496. The van der Waals surface area contributed by atoms with E-state index in [1.165, 1.54) is 0 Å². The third-order valence-corrected chi connectivity index (χ3v) is 4.12. The van der Waals surface area contributed by atoms with E-state index in [1.807, 2.05) is 49.4 Å². The Morgan fingerprint density at radius 1 is 1.05 bits per heavy atom. The molecule has 0 atom stereocenters. The van der Waals surface area contributed by atoms with Crippen LogP contribution in [-0.4, -0.2) is 18.2 Å². The van der Waals surface area contributed by atoms with Gasteiger partial charge in [-0.05, 0) is 50.5 Å². The number of Topliss-reactive ketones (excluding diaryl/α,β-unsaturated/α-hetero) is 1. The molecule has 0 aromatic heterocycles. The number of aryl methyl sites for hydroxylation is 2. The minimum absolute atomic E-state index is 0.00496. The van der Waals surface area contributed by atoms with Gasteiger partial charge in [0, 0.05) is 23.4 Å². The molecular weight excluding hydrogens is 274 g/mol. The molecule has 1 aliphatic heterocycles. The van der Waals surface area contributed by atoms with Crippen LogP contribution in [0.4, 0.5) is 5.69 Å². The van der Waals surface area contributed by atoms with Gasteiger partial charge in [0.2, 0.25) is 0 Å². The van der Waals surface area contributed by atoms with Crippen LogP contribution in [0, 0.1) is 6.92 Å². The van der Waals surface area contributed by atoms with Gasteiger partial charge in [0.25, 0.3) is 5.91 Å². The standard InChI is InChI=1S/C19H19NO2/c1-13-5-3-6-17(11-13)19(22)20-10-4-7-15-8-9-16(14(2)21)12-18(15)20/h3,5-6,8-9,11-12H,4,7,10H2,1-2H3. The average Bonchev–Trinajstić information content (AvgIpc) is 2.53. The third kappa shape index (κ3) is 2.67. The van der Waals surface area contributed by atoms with Crippen molar-refractivity contribution in [2.24, 2.45) is 0 Å². The number of amides is 1. The van der Waals surface area contributed by atoms with Gasteiger partial charge in [0.1, 0.15) is 0 Å². The van der Waals surface area contributed by atoms with E-state index in [0.717, 1.165) is 29.7 Å². The maximum atomic E-state index is 12.8. The molecule has 3 nitrogen and oxygen atoms in total. The molecule has 0 saturated carbocycles. The van der Waals surface area contributed by atoms with Crippen LogP contribution in [0.3, 0.4) is 0 Å². The monoisotopic (exact) mass is 293 g/mol. The molecular formula is C19H19NO2. The molecule has 112 valence electrons. The summed E-state index contributed by atoms with van der Waals surface area (Å²) in [5.41, 5.74) is 4.44. The third-order valence-electron chi connectivity index (χ3n) is 4.12. The molecule has 0 radical (unpaired) electrons. The summed E-state index contributed by atoms with van der Waals surface area (Å²) in [6, 6.07) is 13.3. The van der Waals surface area contributed by atoms with Crippen LogP contribution >= 0.6 is 0 Å². The first-order chi connectivity index (χ1) is 10.6. The van der Waals surface area contributed by atoms with Crippen LogP contribution in [0.5, 0.6) is 0 Å². The van der Waals surface area contributed by atoms with Gasteiger partial charge in [-0.3, -0.25) is 9.59 Å². The van der Waals surface area contributed by atoms with Gasteiger partial charge in [-0.2, -0.15) is 0 Å². The van der Waals surface area contributed by atoms with Gasteiger partial charge in [0.15, 0.2) is 5.78 Å². The van der Waals surface area contributed by atoms with Gasteiger partial charge >= 0.3 is 0 Å². The van der Waals surface area contributed by atoms with Crippen LogP contribution in [-0.2, 0) is 6.42 Å². The van der Waals surface area contributed by atoms with Crippen molar-refractivity contribution in [3.8, 4) is 0 Å². The van der Waals surface area contributed by atoms with Crippen LogP contribution in [0.15, 0.2) is 42.5 Å². The lowest BCUT2D eigenvalue weighted by atomic mass is 9.97. The number of anilines is 1. The second-order valence-corrected chi connectivity index (χ2v) is 5.83. The van der Waals surface area contributed by atoms with Gasteiger partial charge in [-0.1, -0.05) is 29.8 Å². The summed E-state index contributed by atoms with van der Waals surface area (Å²) in [5.74, 6) is 0.0293. The topological polar surface area (TPSA) is 37.4 Å². The fourth-order valence-corrected chi connectivity index (χ4v) is 2.94. The Hall–Kier alpha value is -2.42. The van der Waals surface area contributed by atoms with E-state index in [9.17, 15) is 9.59 Å². The number of rotatable bonds is 2.